The summed E-state index contributed by atoms with van der Waals surface area (Å²) in [5, 5.41) is 2.20. The Balaban J connectivity index is 0.000000139. The summed E-state index contributed by atoms with van der Waals surface area (Å²) in [6.45, 7) is 0. The van der Waals surface area contributed by atoms with Crippen LogP contribution in [0.5, 0.6) is 0 Å². The Hall–Kier alpha value is -12.5. The largest absolute Gasteiger partial charge is 0.308 e. The molecule has 6 aromatic heterocycles. The minimum absolute atomic E-state index is 0.447. The second-order valence-corrected chi connectivity index (χ2v) is 24.1. The fraction of sp³-hybridized carbons (Fsp3) is 0.0233. The van der Waals surface area contributed by atoms with E-state index in [1.54, 1.807) is 0 Å². The predicted octanol–water partition coefficient (Wildman–Crippen LogP) is 19.7. The van der Waals surface area contributed by atoms with Gasteiger partial charge in [-0.1, -0.05) is 249 Å². The van der Waals surface area contributed by atoms with E-state index in [-0.39, 0.29) is 0 Å². The second-order valence-electron chi connectivity index (χ2n) is 24.1. The first-order chi connectivity index (χ1) is 46.6. The van der Waals surface area contributed by atoms with Crippen LogP contribution in [0.2, 0.25) is 0 Å². The maximum atomic E-state index is 5.15. The van der Waals surface area contributed by atoms with Crippen molar-refractivity contribution in [3.05, 3.63) is 385 Å². The molecule has 0 unspecified atom stereocenters. The van der Waals surface area contributed by atoms with E-state index in [1.165, 1.54) is 66.8 Å². The Morgan fingerprint density at radius 2 is 0.660 bits per heavy atom. The molecule has 0 spiro atoms. The summed E-state index contributed by atoms with van der Waals surface area (Å²) in [5.74, 6) is 1.79. The molecule has 11 aromatic carbocycles. The lowest BCUT2D eigenvalue weighted by Gasteiger charge is -2.33. The van der Waals surface area contributed by atoms with E-state index in [1.807, 2.05) is 104 Å². The van der Waals surface area contributed by atoms with Crippen LogP contribution in [0, 0.1) is 0 Å². The van der Waals surface area contributed by atoms with E-state index in [0.717, 1.165) is 71.8 Å². The van der Waals surface area contributed by atoms with Crippen molar-refractivity contribution >= 4 is 43.9 Å². The number of pyridine rings is 3. The Kier molecular flexibility index (Phi) is 12.8. The molecule has 6 heterocycles. The average Bonchev–Trinajstić information content (AvgIpc) is 1.53. The number of benzene rings is 11. The molecule has 0 saturated carbocycles. The number of hydrogen-bond acceptors (Lipinski definition) is 6. The highest BCUT2D eigenvalue weighted by Crippen LogP contribution is 2.59. The van der Waals surface area contributed by atoms with Crippen LogP contribution < -0.4 is 0 Å². The van der Waals surface area contributed by atoms with Gasteiger partial charge in [0.15, 0.2) is 11.6 Å². The summed E-state index contributed by atoms with van der Waals surface area (Å²) >= 11 is 0. The van der Waals surface area contributed by atoms with Gasteiger partial charge in [0.05, 0.1) is 43.9 Å². The number of rotatable bonds is 9. The summed E-state index contributed by atoms with van der Waals surface area (Å²) < 4.78 is 4.52. The molecule has 94 heavy (non-hydrogen) atoms. The molecule has 0 amide bonds. The van der Waals surface area contributed by atoms with Crippen LogP contribution in [0.4, 0.5) is 0 Å². The third kappa shape index (κ3) is 8.39. The van der Waals surface area contributed by atoms with Gasteiger partial charge >= 0.3 is 0 Å². The van der Waals surface area contributed by atoms with Crippen molar-refractivity contribution in [2.75, 3.05) is 0 Å². The summed E-state index contributed by atoms with van der Waals surface area (Å²) in [6, 6.07) is 112. The van der Waals surface area contributed by atoms with E-state index in [0.29, 0.717) is 17.6 Å². The highest BCUT2D eigenvalue weighted by molar-refractivity contribution is 6.11. The maximum absolute atomic E-state index is 5.15. The molecule has 0 saturated heterocycles. The van der Waals surface area contributed by atoms with Gasteiger partial charge in [0.1, 0.15) is 0 Å². The lowest BCUT2D eigenvalue weighted by atomic mass is 9.67. The molecular formula is C86H56N8. The number of nitrogens with zero attached hydrogens (tertiary/aromatic N) is 8. The van der Waals surface area contributed by atoms with Gasteiger partial charge in [-0.2, -0.15) is 9.97 Å². The molecule has 2 aliphatic rings. The van der Waals surface area contributed by atoms with Gasteiger partial charge in [0.25, 0.3) is 0 Å². The minimum Gasteiger partial charge on any atom is -0.308 e. The molecular weight excluding hydrogens is 1150 g/mol. The molecule has 0 radical (unpaired) electrons. The van der Waals surface area contributed by atoms with Crippen molar-refractivity contribution in [3.8, 4) is 67.8 Å². The monoisotopic (exact) mass is 1200 g/mol. The molecule has 0 atom stereocenters. The van der Waals surface area contributed by atoms with Crippen LogP contribution >= 0.6 is 0 Å². The number of aromatic nitrogens is 8. The summed E-state index contributed by atoms with van der Waals surface area (Å²) in [7, 11) is 0. The van der Waals surface area contributed by atoms with Crippen molar-refractivity contribution < 1.29 is 0 Å². The molecule has 2 aliphatic carbocycles. The summed E-state index contributed by atoms with van der Waals surface area (Å²) in [4.78, 5) is 29.5. The van der Waals surface area contributed by atoms with Crippen molar-refractivity contribution in [1.29, 1.82) is 0 Å². The van der Waals surface area contributed by atoms with Gasteiger partial charge in [-0.3, -0.25) is 19.5 Å². The van der Waals surface area contributed by atoms with E-state index >= 15 is 0 Å². The molecule has 0 bridgehead atoms. The average molecular weight is 1200 g/mol. The summed E-state index contributed by atoms with van der Waals surface area (Å²) in [6.07, 6.45) is 7.49. The van der Waals surface area contributed by atoms with Crippen molar-refractivity contribution in [2.45, 2.75) is 10.8 Å². The quantitative estimate of drug-likeness (QED) is 0.143. The van der Waals surface area contributed by atoms with Gasteiger partial charge in [-0.15, -0.1) is 0 Å². The third-order valence-corrected chi connectivity index (χ3v) is 19.2. The smallest absolute Gasteiger partial charge is 0.238 e. The van der Waals surface area contributed by atoms with Gasteiger partial charge in [-0.05, 0) is 145 Å². The van der Waals surface area contributed by atoms with Crippen molar-refractivity contribution in [3.63, 3.8) is 0 Å². The SMILES string of the molecule is c1ccc(-c2nc(-c3ccccc3)nc(-n3c4cc5c(cc4c4ncccc43)C(c3ccccc3)(c3ccccc3)c3ccccc3-5)n2)cc1.c1ccc(C2(c3ccccc3)c3ccccc3-c3cc4c(cc32)c2ncccc2n4-c2ccc(-c3cccnc3)cc2)cc1. The Morgan fingerprint density at radius 3 is 1.11 bits per heavy atom. The second kappa shape index (κ2) is 22.2. The summed E-state index contributed by atoms with van der Waals surface area (Å²) in [5.41, 5.74) is 25.4. The van der Waals surface area contributed by atoms with E-state index in [2.05, 4.69) is 251 Å². The minimum atomic E-state index is -0.514. The third-order valence-electron chi connectivity index (χ3n) is 19.2. The zero-order valence-corrected chi connectivity index (χ0v) is 50.9. The van der Waals surface area contributed by atoms with E-state index < -0.39 is 10.8 Å². The number of fused-ring (bicyclic) bond motifs is 12. The fourth-order valence-electron chi connectivity index (χ4n) is 15.3. The molecule has 0 fully saturated rings. The van der Waals surface area contributed by atoms with Crippen LogP contribution in [-0.2, 0) is 10.8 Å². The maximum Gasteiger partial charge on any atom is 0.238 e. The zero-order chi connectivity index (χ0) is 62.2. The lowest BCUT2D eigenvalue weighted by Crippen LogP contribution is -2.28. The van der Waals surface area contributed by atoms with Crippen LogP contribution in [-0.4, -0.2) is 39.0 Å². The first kappa shape index (κ1) is 54.4. The van der Waals surface area contributed by atoms with Crippen LogP contribution in [0.25, 0.3) is 112 Å². The normalized spacial score (nSPS) is 13.1. The van der Waals surface area contributed by atoms with Crippen LogP contribution in [0.1, 0.15) is 44.5 Å². The molecule has 19 rings (SSSR count). The molecule has 0 aliphatic heterocycles. The molecule has 8 heteroatoms. The van der Waals surface area contributed by atoms with Gasteiger partial charge in [0, 0.05) is 52.4 Å². The predicted molar refractivity (Wildman–Crippen MR) is 379 cm³/mol. The van der Waals surface area contributed by atoms with Crippen LogP contribution in [0.15, 0.2) is 340 Å². The molecule has 0 N–H and O–H groups in total. The number of hydrogen-bond donors (Lipinski definition) is 0. The fourth-order valence-corrected chi connectivity index (χ4v) is 15.3. The first-order valence-electron chi connectivity index (χ1n) is 31.8. The molecule has 8 nitrogen and oxygen atoms in total. The Labute approximate surface area is 543 Å². The van der Waals surface area contributed by atoms with Gasteiger partial charge in [0.2, 0.25) is 5.95 Å². The van der Waals surface area contributed by atoms with Gasteiger partial charge in [-0.25, -0.2) is 4.98 Å². The molecule has 17 aromatic rings. The lowest BCUT2D eigenvalue weighted by molar-refractivity contribution is 0.769. The Morgan fingerprint density at radius 1 is 0.266 bits per heavy atom. The molecule has 440 valence electrons. The van der Waals surface area contributed by atoms with Crippen molar-refractivity contribution in [1.82, 2.24) is 39.0 Å². The van der Waals surface area contributed by atoms with Crippen molar-refractivity contribution in [2.24, 2.45) is 0 Å². The Bertz CT molecular complexity index is 5560. The standard InChI is InChI=1S/C45H29N5.C41H27N3/c1-5-16-30(17-6-1)42-47-43(31-18-7-2-8-19-31)49-44(48-42)50-39-26-15-27-46-41(39)36-28-38-35(29-40(36)50)34-24-13-14-25-37(34)45(38,32-20-9-3-10-21-32)33-22-11-4-12-23-33;1-3-12-30(13-4-1)41(31-14-5-2-6-15-31)36-17-8-7-16-33(36)34-26-39-35(25-37(34)41)40-38(18-10-24-43-40)44(39)32-21-19-28(20-22-32)29-11-9-23-42-27-29/h1-29H;1-27H. The zero-order valence-electron chi connectivity index (χ0n) is 50.9. The highest BCUT2D eigenvalue weighted by atomic mass is 15.2. The highest BCUT2D eigenvalue weighted by Gasteiger charge is 2.48. The first-order valence-corrected chi connectivity index (χ1v) is 31.8. The van der Waals surface area contributed by atoms with E-state index in [9.17, 15) is 0 Å². The topological polar surface area (TPSA) is 87.2 Å². The van der Waals surface area contributed by atoms with E-state index in [4.69, 9.17) is 24.9 Å². The van der Waals surface area contributed by atoms with Gasteiger partial charge < -0.3 is 4.57 Å². The van der Waals surface area contributed by atoms with Crippen LogP contribution in [0.3, 0.4) is 0 Å².